The maximum Gasteiger partial charge on any atom is 0.433 e. The third-order valence-electron chi connectivity index (χ3n) is 5.06. The van der Waals surface area contributed by atoms with Crippen LogP contribution < -0.4 is 4.72 Å². The van der Waals surface area contributed by atoms with E-state index in [1.165, 1.54) is 48.2 Å². The monoisotopic (exact) mass is 503 g/mol. The van der Waals surface area contributed by atoms with Gasteiger partial charge in [0.15, 0.2) is 11.5 Å². The van der Waals surface area contributed by atoms with E-state index in [2.05, 4.69) is 9.82 Å². The zero-order valence-corrected chi connectivity index (χ0v) is 19.6. The number of nitrogens with zero attached hydrogens (tertiary/aromatic N) is 2. The Kier molecular flexibility index (Phi) is 6.72. The van der Waals surface area contributed by atoms with E-state index in [-0.39, 0.29) is 28.4 Å². The van der Waals surface area contributed by atoms with Crippen LogP contribution in [0.25, 0.3) is 11.1 Å². The molecular weight excluding hydrogens is 483 g/mol. The molecule has 0 aliphatic carbocycles. The molecule has 0 amide bonds. The number of alkyl halides is 3. The standard InChI is InChI=1S/C24H20F3N3O2S2/c1-33-19-14-12-18(13-15-19)21-22(24(25,26)27)30(16-17-8-4-2-5-9-17)28-23(21)29-34(31,32)20-10-6-3-7-11-20/h2-15H,16H2,1H3,(H,28,29). The van der Waals surface area contributed by atoms with E-state index in [9.17, 15) is 21.6 Å². The zero-order valence-electron chi connectivity index (χ0n) is 18.0. The quantitative estimate of drug-likeness (QED) is 0.308. The molecule has 1 N–H and O–H groups in total. The van der Waals surface area contributed by atoms with Crippen LogP contribution in [-0.4, -0.2) is 24.5 Å². The lowest BCUT2D eigenvalue weighted by atomic mass is 10.0. The summed E-state index contributed by atoms with van der Waals surface area (Å²) in [4.78, 5) is 0.783. The summed E-state index contributed by atoms with van der Waals surface area (Å²) in [6.07, 6.45) is -2.93. The van der Waals surface area contributed by atoms with Crippen LogP contribution in [0.2, 0.25) is 0 Å². The fourth-order valence-corrected chi connectivity index (χ4v) is 4.95. The summed E-state index contributed by atoms with van der Waals surface area (Å²) >= 11 is 1.45. The highest BCUT2D eigenvalue weighted by Crippen LogP contribution is 2.42. The molecule has 0 spiro atoms. The van der Waals surface area contributed by atoms with Crippen LogP contribution in [0.5, 0.6) is 0 Å². The Labute approximate surface area is 199 Å². The van der Waals surface area contributed by atoms with Crippen LogP contribution >= 0.6 is 11.8 Å². The third kappa shape index (κ3) is 5.13. The number of anilines is 1. The van der Waals surface area contributed by atoms with Crippen molar-refractivity contribution in [1.29, 1.82) is 0 Å². The molecule has 176 valence electrons. The molecule has 1 heterocycles. The Morgan fingerprint density at radius 1 is 0.912 bits per heavy atom. The first-order valence-corrected chi connectivity index (χ1v) is 12.8. The highest BCUT2D eigenvalue weighted by Gasteiger charge is 2.41. The average Bonchev–Trinajstić information content (AvgIpc) is 3.17. The lowest BCUT2D eigenvalue weighted by Gasteiger charge is -2.13. The van der Waals surface area contributed by atoms with Crippen molar-refractivity contribution in [3.05, 3.63) is 96.2 Å². The first-order chi connectivity index (χ1) is 16.2. The summed E-state index contributed by atoms with van der Waals surface area (Å²) in [5.41, 5.74) is -0.554. The fourth-order valence-electron chi connectivity index (χ4n) is 3.51. The maximum atomic E-state index is 14.4. The van der Waals surface area contributed by atoms with Gasteiger partial charge in [0.05, 0.1) is 17.0 Å². The molecule has 1 aromatic heterocycles. The molecule has 0 radical (unpaired) electrons. The molecule has 5 nitrogen and oxygen atoms in total. The second-order valence-corrected chi connectivity index (χ2v) is 9.92. The molecule has 10 heteroatoms. The zero-order chi connectivity index (χ0) is 24.3. The summed E-state index contributed by atoms with van der Waals surface area (Å²) in [7, 11) is -4.18. The van der Waals surface area contributed by atoms with E-state index >= 15 is 0 Å². The molecule has 0 saturated carbocycles. The summed E-state index contributed by atoms with van der Waals surface area (Å²) in [6.45, 7) is -0.182. The minimum absolute atomic E-state index is 0.0788. The van der Waals surface area contributed by atoms with Crippen molar-refractivity contribution in [2.45, 2.75) is 22.5 Å². The van der Waals surface area contributed by atoms with Crippen LogP contribution in [0, 0.1) is 0 Å². The number of benzene rings is 3. The predicted octanol–water partition coefficient (Wildman–Crippen LogP) is 6.14. The van der Waals surface area contributed by atoms with Gasteiger partial charge < -0.3 is 0 Å². The number of aromatic nitrogens is 2. The summed E-state index contributed by atoms with van der Waals surface area (Å²) in [5, 5.41) is 4.10. The van der Waals surface area contributed by atoms with Crippen molar-refractivity contribution >= 4 is 27.6 Å². The number of sulfonamides is 1. The van der Waals surface area contributed by atoms with E-state index in [0.717, 1.165) is 9.58 Å². The Bertz CT molecular complexity index is 1370. The smallest absolute Gasteiger partial charge is 0.261 e. The van der Waals surface area contributed by atoms with E-state index in [1.54, 1.807) is 48.5 Å². The van der Waals surface area contributed by atoms with Gasteiger partial charge in [-0.3, -0.25) is 9.40 Å². The predicted molar refractivity (Wildman–Crippen MR) is 127 cm³/mol. The van der Waals surface area contributed by atoms with Crippen LogP contribution in [-0.2, 0) is 22.7 Å². The lowest BCUT2D eigenvalue weighted by molar-refractivity contribution is -0.143. The van der Waals surface area contributed by atoms with Gasteiger partial charge in [-0.2, -0.15) is 18.3 Å². The van der Waals surface area contributed by atoms with Crippen molar-refractivity contribution < 1.29 is 21.6 Å². The van der Waals surface area contributed by atoms with Gasteiger partial charge in [0, 0.05) is 4.90 Å². The molecule has 34 heavy (non-hydrogen) atoms. The van der Waals surface area contributed by atoms with Crippen molar-refractivity contribution in [3.63, 3.8) is 0 Å². The first kappa shape index (κ1) is 23.9. The number of thioether (sulfide) groups is 1. The molecule has 0 fully saturated rings. The number of nitrogens with one attached hydrogen (secondary N) is 1. The summed E-state index contributed by atoms with van der Waals surface area (Å²) in [6, 6.07) is 22.4. The number of rotatable bonds is 7. The second kappa shape index (κ2) is 9.55. The van der Waals surface area contributed by atoms with E-state index in [0.29, 0.717) is 5.56 Å². The van der Waals surface area contributed by atoms with Gasteiger partial charge in [-0.25, -0.2) is 8.42 Å². The lowest BCUT2D eigenvalue weighted by Crippen LogP contribution is -2.16. The minimum atomic E-state index is -4.79. The van der Waals surface area contributed by atoms with Gasteiger partial charge in [-0.15, -0.1) is 11.8 Å². The van der Waals surface area contributed by atoms with Crippen molar-refractivity contribution in [3.8, 4) is 11.1 Å². The van der Waals surface area contributed by atoms with Gasteiger partial charge in [0.2, 0.25) is 0 Å². The molecule has 0 unspecified atom stereocenters. The van der Waals surface area contributed by atoms with Crippen LogP contribution in [0.4, 0.5) is 19.0 Å². The van der Waals surface area contributed by atoms with E-state index in [4.69, 9.17) is 0 Å². The van der Waals surface area contributed by atoms with Crippen LogP contribution in [0.3, 0.4) is 0 Å². The van der Waals surface area contributed by atoms with Gasteiger partial charge in [0.1, 0.15) is 0 Å². The third-order valence-corrected chi connectivity index (χ3v) is 7.16. The van der Waals surface area contributed by atoms with Gasteiger partial charge in [-0.1, -0.05) is 60.7 Å². The average molecular weight is 504 g/mol. The molecule has 0 aliphatic heterocycles. The van der Waals surface area contributed by atoms with Crippen molar-refractivity contribution in [2.75, 3.05) is 11.0 Å². The summed E-state index contributed by atoms with van der Waals surface area (Å²) < 4.78 is 72.1. The molecule has 0 aliphatic rings. The molecule has 0 bridgehead atoms. The Morgan fingerprint density at radius 2 is 1.50 bits per heavy atom. The van der Waals surface area contributed by atoms with Crippen molar-refractivity contribution in [1.82, 2.24) is 9.78 Å². The SMILES string of the molecule is CSc1ccc(-c2c(NS(=O)(=O)c3ccccc3)nn(Cc3ccccc3)c2C(F)(F)F)cc1. The largest absolute Gasteiger partial charge is 0.433 e. The van der Waals surface area contributed by atoms with Gasteiger partial charge in [0.25, 0.3) is 10.0 Å². The second-order valence-electron chi connectivity index (χ2n) is 7.36. The van der Waals surface area contributed by atoms with E-state index in [1.807, 2.05) is 6.26 Å². The Balaban J connectivity index is 1.91. The first-order valence-electron chi connectivity index (χ1n) is 10.1. The molecule has 4 rings (SSSR count). The topological polar surface area (TPSA) is 64.0 Å². The molecular formula is C24H20F3N3O2S2. The number of hydrogen-bond acceptors (Lipinski definition) is 4. The highest BCUT2D eigenvalue weighted by atomic mass is 32.2. The molecule has 3 aromatic carbocycles. The fraction of sp³-hybridized carbons (Fsp3) is 0.125. The van der Waals surface area contributed by atoms with Crippen LogP contribution in [0.1, 0.15) is 11.3 Å². The maximum absolute atomic E-state index is 14.4. The Morgan fingerprint density at radius 3 is 2.06 bits per heavy atom. The normalized spacial score (nSPS) is 12.0. The number of halogens is 3. The summed E-state index contributed by atoms with van der Waals surface area (Å²) in [5.74, 6) is -0.385. The number of hydrogen-bond donors (Lipinski definition) is 1. The van der Waals surface area contributed by atoms with Crippen molar-refractivity contribution in [2.24, 2.45) is 0 Å². The van der Waals surface area contributed by atoms with Crippen LogP contribution in [0.15, 0.2) is 94.7 Å². The molecule has 0 saturated heterocycles. The Hall–Kier alpha value is -3.24. The van der Waals surface area contributed by atoms with E-state index < -0.39 is 21.9 Å². The minimum Gasteiger partial charge on any atom is -0.261 e. The highest BCUT2D eigenvalue weighted by molar-refractivity contribution is 7.98. The van der Waals surface area contributed by atoms with Gasteiger partial charge >= 0.3 is 6.18 Å². The molecule has 0 atom stereocenters. The molecule has 4 aromatic rings. The van der Waals surface area contributed by atoms with Gasteiger partial charge in [-0.05, 0) is 41.6 Å².